The summed E-state index contributed by atoms with van der Waals surface area (Å²) in [6.07, 6.45) is 1.27. The highest BCUT2D eigenvalue weighted by Gasteiger charge is 2.35. The number of furan rings is 1. The van der Waals surface area contributed by atoms with Crippen LogP contribution in [0.5, 0.6) is 11.5 Å². The van der Waals surface area contributed by atoms with Crippen LogP contribution >= 0.6 is 0 Å². The number of aromatic hydroxyl groups is 1. The van der Waals surface area contributed by atoms with Crippen molar-refractivity contribution in [2.45, 2.75) is 12.3 Å². The number of ether oxygens (including phenoxy) is 1. The number of aromatic carboxylic acids is 1. The first-order valence-electron chi connectivity index (χ1n) is 11.4. The fourth-order valence-corrected chi connectivity index (χ4v) is 4.66. The molecule has 0 spiro atoms. The molecule has 1 aliphatic heterocycles. The monoisotopic (exact) mass is 494 g/mol. The number of benzene rings is 3. The molecule has 0 fully saturated rings. The Bertz CT molecular complexity index is 1740. The lowest BCUT2D eigenvalue weighted by atomic mass is 9.88. The number of phenols is 1. The van der Waals surface area contributed by atoms with Gasteiger partial charge in [0.15, 0.2) is 0 Å². The van der Waals surface area contributed by atoms with Gasteiger partial charge in [0, 0.05) is 17.2 Å². The standard InChI is InChI=1S/C29H18O8/c30-20-13-23-25(28-26(20)27(32)19(14-35-28)15-4-2-1-3-5-15)18(12-24(31)37-23)22-11-10-21(36-22)16-6-8-17(9-7-16)29(33)34/h1-11,13-14,18,30H,12H2,(H,33,34)/t18-/m1/s1. The van der Waals surface area contributed by atoms with Crippen molar-refractivity contribution in [1.29, 1.82) is 0 Å². The van der Waals surface area contributed by atoms with Crippen LogP contribution in [0.15, 0.2) is 92.7 Å². The van der Waals surface area contributed by atoms with E-state index in [1.165, 1.54) is 24.5 Å². The van der Waals surface area contributed by atoms with Crippen LogP contribution in [0.3, 0.4) is 0 Å². The van der Waals surface area contributed by atoms with Gasteiger partial charge in [-0.05, 0) is 29.8 Å². The molecule has 0 bridgehead atoms. The fourth-order valence-electron chi connectivity index (χ4n) is 4.66. The summed E-state index contributed by atoms with van der Waals surface area (Å²) in [6.45, 7) is 0. The van der Waals surface area contributed by atoms with Crippen LogP contribution in [-0.4, -0.2) is 22.2 Å². The van der Waals surface area contributed by atoms with Gasteiger partial charge in [-0.2, -0.15) is 0 Å². The van der Waals surface area contributed by atoms with Gasteiger partial charge in [-0.3, -0.25) is 9.59 Å². The molecular formula is C29H18O8. The van der Waals surface area contributed by atoms with E-state index < -0.39 is 23.3 Å². The number of carbonyl (C=O) groups excluding carboxylic acids is 1. The highest BCUT2D eigenvalue weighted by atomic mass is 16.5. The molecule has 37 heavy (non-hydrogen) atoms. The van der Waals surface area contributed by atoms with E-state index in [2.05, 4.69) is 0 Å². The quantitative estimate of drug-likeness (QED) is 0.245. The smallest absolute Gasteiger partial charge is 0.335 e. The van der Waals surface area contributed by atoms with E-state index in [1.54, 1.807) is 48.5 Å². The van der Waals surface area contributed by atoms with Crippen LogP contribution in [0.4, 0.5) is 0 Å². The Morgan fingerprint density at radius 1 is 0.919 bits per heavy atom. The molecule has 6 rings (SSSR count). The molecule has 0 aliphatic carbocycles. The van der Waals surface area contributed by atoms with Crippen LogP contribution in [0, 0.1) is 0 Å². The Morgan fingerprint density at radius 3 is 2.41 bits per heavy atom. The zero-order chi connectivity index (χ0) is 25.7. The molecule has 1 atom stereocenters. The molecule has 0 amide bonds. The predicted octanol–water partition coefficient (Wildman–Crippen LogP) is 5.56. The molecule has 0 unspecified atom stereocenters. The molecule has 3 aromatic carbocycles. The first-order chi connectivity index (χ1) is 17.9. The second-order valence-corrected chi connectivity index (χ2v) is 8.67. The van der Waals surface area contributed by atoms with Crippen LogP contribution in [0.1, 0.15) is 34.0 Å². The maximum Gasteiger partial charge on any atom is 0.335 e. The molecule has 0 radical (unpaired) electrons. The summed E-state index contributed by atoms with van der Waals surface area (Å²) in [5.41, 5.74) is 1.86. The number of rotatable bonds is 4. The van der Waals surface area contributed by atoms with Gasteiger partial charge in [0.05, 0.1) is 23.5 Å². The van der Waals surface area contributed by atoms with Gasteiger partial charge in [-0.25, -0.2) is 4.79 Å². The molecule has 2 N–H and O–H groups in total. The number of hydrogen-bond donors (Lipinski definition) is 2. The predicted molar refractivity (Wildman–Crippen MR) is 133 cm³/mol. The normalized spacial score (nSPS) is 14.8. The van der Waals surface area contributed by atoms with Gasteiger partial charge < -0.3 is 23.8 Å². The maximum atomic E-state index is 13.4. The second-order valence-electron chi connectivity index (χ2n) is 8.67. The summed E-state index contributed by atoms with van der Waals surface area (Å²) < 4.78 is 17.4. The summed E-state index contributed by atoms with van der Waals surface area (Å²) in [7, 11) is 0. The number of phenolic OH excluding ortho intramolecular Hbond substituents is 1. The van der Waals surface area contributed by atoms with Crippen LogP contribution in [0.2, 0.25) is 0 Å². The molecular weight excluding hydrogens is 476 g/mol. The van der Waals surface area contributed by atoms with Crippen molar-refractivity contribution in [2.75, 3.05) is 0 Å². The highest BCUT2D eigenvalue weighted by molar-refractivity contribution is 5.94. The lowest BCUT2D eigenvalue weighted by Crippen LogP contribution is -2.21. The minimum Gasteiger partial charge on any atom is -0.507 e. The Hall–Kier alpha value is -5.11. The Kier molecular flexibility index (Phi) is 5.15. The number of hydrogen-bond acceptors (Lipinski definition) is 7. The molecule has 0 saturated carbocycles. The van der Waals surface area contributed by atoms with Crippen LogP contribution in [-0.2, 0) is 4.79 Å². The Labute approximate surface area is 209 Å². The lowest BCUT2D eigenvalue weighted by molar-refractivity contribution is -0.135. The Morgan fingerprint density at radius 2 is 1.68 bits per heavy atom. The molecule has 182 valence electrons. The van der Waals surface area contributed by atoms with Crippen LogP contribution in [0.25, 0.3) is 33.4 Å². The Balaban J connectivity index is 1.49. The van der Waals surface area contributed by atoms with E-state index >= 15 is 0 Å². The number of carbonyl (C=O) groups is 2. The van der Waals surface area contributed by atoms with Crippen molar-refractivity contribution >= 4 is 22.9 Å². The molecule has 8 heteroatoms. The van der Waals surface area contributed by atoms with Crippen molar-refractivity contribution < 1.29 is 33.4 Å². The average Bonchev–Trinajstić information content (AvgIpc) is 3.39. The van der Waals surface area contributed by atoms with E-state index in [-0.39, 0.29) is 40.0 Å². The molecule has 1 aliphatic rings. The maximum absolute atomic E-state index is 13.4. The summed E-state index contributed by atoms with van der Waals surface area (Å²) in [5, 5.41) is 19.8. The van der Waals surface area contributed by atoms with Crippen molar-refractivity contribution in [3.05, 3.63) is 106 Å². The number of fused-ring (bicyclic) bond motifs is 3. The largest absolute Gasteiger partial charge is 0.507 e. The van der Waals surface area contributed by atoms with E-state index in [4.69, 9.17) is 18.7 Å². The van der Waals surface area contributed by atoms with Gasteiger partial charge in [0.25, 0.3) is 0 Å². The van der Waals surface area contributed by atoms with Crippen molar-refractivity contribution in [2.24, 2.45) is 0 Å². The van der Waals surface area contributed by atoms with Crippen molar-refractivity contribution in [3.63, 3.8) is 0 Å². The molecule has 3 heterocycles. The molecule has 8 nitrogen and oxygen atoms in total. The van der Waals surface area contributed by atoms with E-state index in [0.29, 0.717) is 28.2 Å². The minimum absolute atomic E-state index is 0.0147. The van der Waals surface area contributed by atoms with Gasteiger partial charge in [0.1, 0.15) is 40.3 Å². The topological polar surface area (TPSA) is 127 Å². The SMILES string of the molecule is O=C1C[C@H](c2ccc(-c3ccc(C(=O)O)cc3)o2)c2c(cc(O)c3c(=O)c(-c4ccccc4)coc23)O1. The minimum atomic E-state index is -1.03. The van der Waals surface area contributed by atoms with E-state index in [0.717, 1.165) is 0 Å². The fraction of sp³-hybridized carbons (Fsp3) is 0.0690. The first kappa shape index (κ1) is 22.4. The second kappa shape index (κ2) is 8.53. The summed E-state index contributed by atoms with van der Waals surface area (Å²) in [5.74, 6) is -1.56. The van der Waals surface area contributed by atoms with E-state index in [1.807, 2.05) is 6.07 Å². The summed E-state index contributed by atoms with van der Waals surface area (Å²) in [4.78, 5) is 37.0. The lowest BCUT2D eigenvalue weighted by Gasteiger charge is -2.24. The van der Waals surface area contributed by atoms with Gasteiger partial charge in [0.2, 0.25) is 5.43 Å². The van der Waals surface area contributed by atoms with Gasteiger partial charge in [-0.1, -0.05) is 42.5 Å². The third-order valence-corrected chi connectivity index (χ3v) is 6.44. The van der Waals surface area contributed by atoms with Gasteiger partial charge in [-0.15, -0.1) is 0 Å². The zero-order valence-corrected chi connectivity index (χ0v) is 19.1. The molecule has 5 aromatic rings. The van der Waals surface area contributed by atoms with Crippen LogP contribution < -0.4 is 10.2 Å². The van der Waals surface area contributed by atoms with Crippen molar-refractivity contribution in [3.8, 4) is 33.9 Å². The molecule has 2 aromatic heterocycles. The number of esters is 1. The highest BCUT2D eigenvalue weighted by Crippen LogP contribution is 2.46. The average molecular weight is 494 g/mol. The summed E-state index contributed by atoms with van der Waals surface area (Å²) in [6, 6.07) is 19.9. The third-order valence-electron chi connectivity index (χ3n) is 6.44. The number of carboxylic acids is 1. The van der Waals surface area contributed by atoms with E-state index in [9.17, 15) is 19.5 Å². The number of carboxylic acid groups (broad SMARTS) is 1. The summed E-state index contributed by atoms with van der Waals surface area (Å²) >= 11 is 0. The first-order valence-corrected chi connectivity index (χ1v) is 11.4. The third kappa shape index (κ3) is 3.75. The molecule has 0 saturated heterocycles. The zero-order valence-electron chi connectivity index (χ0n) is 19.1. The van der Waals surface area contributed by atoms with Crippen molar-refractivity contribution in [1.82, 2.24) is 0 Å². The van der Waals surface area contributed by atoms with Gasteiger partial charge >= 0.3 is 11.9 Å².